The summed E-state index contributed by atoms with van der Waals surface area (Å²) < 4.78 is 11.9. The summed E-state index contributed by atoms with van der Waals surface area (Å²) in [5.41, 5.74) is 4.20. The number of thioether (sulfide) groups is 1. The fraction of sp³-hybridized carbons (Fsp3) is 0.360. The molecule has 1 N–H and O–H groups in total. The average Bonchev–Trinajstić information content (AvgIpc) is 3.21. The molecule has 2 unspecified atom stereocenters. The Morgan fingerprint density at radius 1 is 1.25 bits per heavy atom. The molecule has 1 aliphatic heterocycles. The minimum absolute atomic E-state index is 0.287. The second-order valence-corrected chi connectivity index (χ2v) is 9.29. The van der Waals surface area contributed by atoms with Crippen LogP contribution in [0.5, 0.6) is 5.75 Å². The van der Waals surface area contributed by atoms with Crippen molar-refractivity contribution in [2.24, 2.45) is 0 Å². The van der Waals surface area contributed by atoms with Crippen LogP contribution < -0.4 is 4.74 Å². The lowest BCUT2D eigenvalue weighted by Gasteiger charge is -2.32. The highest BCUT2D eigenvalue weighted by Gasteiger charge is 2.29. The third-order valence-corrected chi connectivity index (χ3v) is 6.74. The minimum atomic E-state index is -0.760. The molecule has 7 heteroatoms. The third kappa shape index (κ3) is 5.53. The number of hydrogen-bond donors (Lipinski definition) is 1. The largest absolute Gasteiger partial charge is 0.484 e. The fourth-order valence-corrected chi connectivity index (χ4v) is 5.03. The zero-order valence-corrected chi connectivity index (χ0v) is 19.2. The second-order valence-electron chi connectivity index (χ2n) is 8.14. The minimum Gasteiger partial charge on any atom is -0.484 e. The van der Waals surface area contributed by atoms with Gasteiger partial charge < -0.3 is 14.3 Å². The fourth-order valence-electron chi connectivity index (χ4n) is 3.93. The van der Waals surface area contributed by atoms with Crippen LogP contribution in [-0.4, -0.2) is 45.1 Å². The van der Waals surface area contributed by atoms with Crippen LogP contribution in [0, 0.1) is 13.8 Å². The predicted molar refractivity (Wildman–Crippen MR) is 125 cm³/mol. The topological polar surface area (TPSA) is 75.8 Å². The standard InChI is InChI=1S/C25H28N2O4S/c1-17-6-8-19(9-7-17)13-23(24-18(2)30-16-26-24)31-21-5-3-4-20(12-21)14-27-10-11-32-15-22(27)25(28)29/h3-9,12,16,22-23H,10-11,13-15H2,1-2H3,(H,28,29). The molecule has 2 aromatic carbocycles. The van der Waals surface area contributed by atoms with Gasteiger partial charge in [-0.15, -0.1) is 0 Å². The molecule has 1 saturated heterocycles. The Kier molecular flexibility index (Phi) is 7.17. The van der Waals surface area contributed by atoms with Gasteiger partial charge in [0.05, 0.1) is 0 Å². The van der Waals surface area contributed by atoms with E-state index in [1.807, 2.05) is 36.1 Å². The summed E-state index contributed by atoms with van der Waals surface area (Å²) in [4.78, 5) is 18.1. The maximum atomic E-state index is 11.6. The molecular weight excluding hydrogens is 424 g/mol. The Morgan fingerprint density at radius 3 is 2.78 bits per heavy atom. The zero-order chi connectivity index (χ0) is 22.5. The van der Waals surface area contributed by atoms with Crippen LogP contribution in [0.15, 0.2) is 59.3 Å². The van der Waals surface area contributed by atoms with Gasteiger partial charge in [-0.05, 0) is 37.1 Å². The number of rotatable bonds is 8. The lowest BCUT2D eigenvalue weighted by atomic mass is 10.0. The first-order chi connectivity index (χ1) is 15.5. The van der Waals surface area contributed by atoms with Gasteiger partial charge in [0, 0.05) is 31.0 Å². The molecule has 0 radical (unpaired) electrons. The van der Waals surface area contributed by atoms with Gasteiger partial charge in [0.1, 0.15) is 29.3 Å². The quantitative estimate of drug-likeness (QED) is 0.533. The Balaban J connectivity index is 1.53. The molecule has 32 heavy (non-hydrogen) atoms. The third-order valence-electron chi connectivity index (χ3n) is 5.72. The number of benzene rings is 2. The van der Waals surface area contributed by atoms with E-state index in [1.165, 1.54) is 12.0 Å². The summed E-state index contributed by atoms with van der Waals surface area (Å²) in [6.45, 7) is 5.31. The van der Waals surface area contributed by atoms with E-state index in [-0.39, 0.29) is 6.10 Å². The molecule has 0 bridgehead atoms. The van der Waals surface area contributed by atoms with E-state index >= 15 is 0 Å². The van der Waals surface area contributed by atoms with Gasteiger partial charge in [-0.2, -0.15) is 11.8 Å². The molecule has 2 atom stereocenters. The summed E-state index contributed by atoms with van der Waals surface area (Å²) in [6, 6.07) is 15.9. The van der Waals surface area contributed by atoms with Crippen LogP contribution in [-0.2, 0) is 17.8 Å². The number of ether oxygens (including phenoxy) is 1. The molecular formula is C25H28N2O4S. The summed E-state index contributed by atoms with van der Waals surface area (Å²) in [5, 5.41) is 9.55. The first kappa shape index (κ1) is 22.4. The van der Waals surface area contributed by atoms with Gasteiger partial charge in [0.2, 0.25) is 0 Å². The van der Waals surface area contributed by atoms with Crippen molar-refractivity contribution in [3.63, 3.8) is 0 Å². The maximum absolute atomic E-state index is 11.6. The normalized spacial score (nSPS) is 17.8. The summed E-state index contributed by atoms with van der Waals surface area (Å²) in [7, 11) is 0. The van der Waals surface area contributed by atoms with E-state index < -0.39 is 12.0 Å². The van der Waals surface area contributed by atoms with Crippen molar-refractivity contribution in [2.75, 3.05) is 18.1 Å². The molecule has 0 amide bonds. The summed E-state index contributed by atoms with van der Waals surface area (Å²) in [5.74, 6) is 2.29. The van der Waals surface area contributed by atoms with E-state index in [9.17, 15) is 9.90 Å². The van der Waals surface area contributed by atoms with Crippen molar-refractivity contribution in [1.82, 2.24) is 9.88 Å². The van der Waals surface area contributed by atoms with E-state index in [0.717, 1.165) is 40.6 Å². The number of carboxylic acid groups (broad SMARTS) is 1. The molecule has 0 spiro atoms. The van der Waals surface area contributed by atoms with Crippen molar-refractivity contribution >= 4 is 17.7 Å². The number of nitrogens with zero attached hydrogens (tertiary/aromatic N) is 2. The van der Waals surface area contributed by atoms with Crippen molar-refractivity contribution < 1.29 is 19.1 Å². The Hall–Kier alpha value is -2.77. The van der Waals surface area contributed by atoms with Crippen molar-refractivity contribution in [2.45, 2.75) is 39.0 Å². The predicted octanol–water partition coefficient (Wildman–Crippen LogP) is 4.66. The molecule has 0 aliphatic carbocycles. The summed E-state index contributed by atoms with van der Waals surface area (Å²) >= 11 is 1.70. The number of carbonyl (C=O) groups is 1. The molecule has 6 nitrogen and oxygen atoms in total. The highest BCUT2D eigenvalue weighted by molar-refractivity contribution is 7.99. The molecule has 3 aromatic rings. The van der Waals surface area contributed by atoms with Crippen LogP contribution in [0.4, 0.5) is 0 Å². The van der Waals surface area contributed by atoms with Gasteiger partial charge in [0.25, 0.3) is 0 Å². The van der Waals surface area contributed by atoms with Crippen LogP contribution in [0.1, 0.15) is 34.2 Å². The Morgan fingerprint density at radius 2 is 2.06 bits per heavy atom. The van der Waals surface area contributed by atoms with Crippen LogP contribution in [0.25, 0.3) is 0 Å². The maximum Gasteiger partial charge on any atom is 0.321 e. The van der Waals surface area contributed by atoms with E-state index in [2.05, 4.69) is 36.2 Å². The monoisotopic (exact) mass is 452 g/mol. The lowest BCUT2D eigenvalue weighted by Crippen LogP contribution is -2.46. The average molecular weight is 453 g/mol. The van der Waals surface area contributed by atoms with Crippen molar-refractivity contribution in [3.05, 3.63) is 83.1 Å². The van der Waals surface area contributed by atoms with Gasteiger partial charge in [-0.1, -0.05) is 42.0 Å². The molecule has 0 saturated carbocycles. The van der Waals surface area contributed by atoms with E-state index in [4.69, 9.17) is 9.15 Å². The van der Waals surface area contributed by atoms with Gasteiger partial charge in [-0.25, -0.2) is 4.98 Å². The number of aliphatic carboxylic acids is 1. The highest BCUT2D eigenvalue weighted by Crippen LogP contribution is 2.28. The number of hydrogen-bond acceptors (Lipinski definition) is 6. The lowest BCUT2D eigenvalue weighted by molar-refractivity contribution is -0.142. The van der Waals surface area contributed by atoms with Gasteiger partial charge in [0.15, 0.2) is 6.39 Å². The first-order valence-electron chi connectivity index (χ1n) is 10.8. The number of oxazole rings is 1. The SMILES string of the molecule is Cc1ccc(CC(Oc2cccc(CN3CCSCC3C(=O)O)c2)c2ncoc2C)cc1. The molecule has 4 rings (SSSR count). The summed E-state index contributed by atoms with van der Waals surface area (Å²) in [6.07, 6.45) is 1.83. The molecule has 2 heterocycles. The smallest absolute Gasteiger partial charge is 0.321 e. The van der Waals surface area contributed by atoms with E-state index in [1.54, 1.807) is 11.8 Å². The van der Waals surface area contributed by atoms with Crippen LogP contribution >= 0.6 is 11.8 Å². The second kappa shape index (κ2) is 10.2. The van der Waals surface area contributed by atoms with Crippen LogP contribution in [0.2, 0.25) is 0 Å². The number of carboxylic acids is 1. The molecule has 1 fully saturated rings. The van der Waals surface area contributed by atoms with E-state index in [0.29, 0.717) is 18.7 Å². The van der Waals surface area contributed by atoms with Gasteiger partial charge in [-0.3, -0.25) is 9.69 Å². The first-order valence-corrected chi connectivity index (χ1v) is 11.9. The number of aryl methyl sites for hydroxylation is 2. The molecule has 1 aromatic heterocycles. The number of aromatic nitrogens is 1. The Labute approximate surface area is 192 Å². The highest BCUT2D eigenvalue weighted by atomic mass is 32.2. The van der Waals surface area contributed by atoms with Gasteiger partial charge >= 0.3 is 5.97 Å². The van der Waals surface area contributed by atoms with Crippen LogP contribution in [0.3, 0.4) is 0 Å². The molecule has 168 valence electrons. The zero-order valence-electron chi connectivity index (χ0n) is 18.4. The molecule has 1 aliphatic rings. The van der Waals surface area contributed by atoms with Crippen molar-refractivity contribution in [3.8, 4) is 5.75 Å². The Bertz CT molecular complexity index is 1050. The van der Waals surface area contributed by atoms with Crippen molar-refractivity contribution in [1.29, 1.82) is 0 Å².